The van der Waals surface area contributed by atoms with Crippen LogP contribution in [0.1, 0.15) is 11.5 Å². The number of aromatic nitrogens is 1. The predicted molar refractivity (Wildman–Crippen MR) is 73.3 cm³/mol. The Hall–Kier alpha value is -1.64. The quantitative estimate of drug-likeness (QED) is 0.855. The molecule has 3 rings (SSSR count). The number of morpholine rings is 1. The molecule has 0 N–H and O–H groups in total. The Morgan fingerprint density at radius 3 is 2.52 bits per heavy atom. The number of furan rings is 1. The van der Waals surface area contributed by atoms with E-state index in [1.165, 1.54) is 10.4 Å². The van der Waals surface area contributed by atoms with Gasteiger partial charge in [0.05, 0.1) is 24.5 Å². The van der Waals surface area contributed by atoms with Gasteiger partial charge >= 0.3 is 0 Å². The Morgan fingerprint density at radius 2 is 1.90 bits per heavy atom. The van der Waals surface area contributed by atoms with Crippen LogP contribution < -0.4 is 0 Å². The van der Waals surface area contributed by atoms with Gasteiger partial charge < -0.3 is 13.7 Å². The van der Waals surface area contributed by atoms with Gasteiger partial charge in [-0.1, -0.05) is 5.16 Å². The molecule has 2 aromatic heterocycles. The van der Waals surface area contributed by atoms with Crippen LogP contribution in [0.5, 0.6) is 0 Å². The molecular weight excluding hydrogens is 296 g/mol. The molecule has 21 heavy (non-hydrogen) atoms. The highest BCUT2D eigenvalue weighted by Gasteiger charge is 2.30. The predicted octanol–water partition coefficient (Wildman–Crippen LogP) is 1.57. The number of hydrogen-bond donors (Lipinski definition) is 0. The van der Waals surface area contributed by atoms with Gasteiger partial charge in [-0.25, -0.2) is 8.42 Å². The molecule has 0 amide bonds. The monoisotopic (exact) mass is 312 g/mol. The van der Waals surface area contributed by atoms with Gasteiger partial charge in [-0.05, 0) is 26.0 Å². The Labute approximate surface area is 122 Å². The van der Waals surface area contributed by atoms with Crippen LogP contribution in [0.4, 0.5) is 0 Å². The zero-order valence-electron chi connectivity index (χ0n) is 11.8. The number of sulfonamides is 1. The summed E-state index contributed by atoms with van der Waals surface area (Å²) >= 11 is 0. The topological polar surface area (TPSA) is 85.8 Å². The van der Waals surface area contributed by atoms with E-state index in [0.717, 1.165) is 0 Å². The first-order chi connectivity index (χ1) is 10.00. The van der Waals surface area contributed by atoms with Crippen molar-refractivity contribution in [2.75, 3.05) is 26.3 Å². The lowest BCUT2D eigenvalue weighted by atomic mass is 10.1. The van der Waals surface area contributed by atoms with Gasteiger partial charge in [0.15, 0.2) is 0 Å². The van der Waals surface area contributed by atoms with E-state index in [2.05, 4.69) is 5.16 Å². The first kappa shape index (κ1) is 14.3. The van der Waals surface area contributed by atoms with Gasteiger partial charge in [0, 0.05) is 13.1 Å². The average molecular weight is 312 g/mol. The first-order valence-electron chi connectivity index (χ1n) is 6.61. The zero-order valence-corrected chi connectivity index (χ0v) is 12.6. The molecule has 0 spiro atoms. The lowest BCUT2D eigenvalue weighted by Crippen LogP contribution is -2.40. The van der Waals surface area contributed by atoms with E-state index in [9.17, 15) is 8.42 Å². The third-order valence-electron chi connectivity index (χ3n) is 3.43. The molecule has 3 heterocycles. The lowest BCUT2D eigenvalue weighted by molar-refractivity contribution is 0.0724. The highest BCUT2D eigenvalue weighted by molar-refractivity contribution is 7.89. The van der Waals surface area contributed by atoms with Crippen LogP contribution in [0.2, 0.25) is 0 Å². The number of nitrogens with zero attached hydrogens (tertiary/aromatic N) is 2. The van der Waals surface area contributed by atoms with Gasteiger partial charge in [0.25, 0.3) is 10.0 Å². The van der Waals surface area contributed by atoms with Crippen molar-refractivity contribution in [3.8, 4) is 11.3 Å². The van der Waals surface area contributed by atoms with Crippen molar-refractivity contribution in [2.24, 2.45) is 0 Å². The zero-order chi connectivity index (χ0) is 15.0. The van der Waals surface area contributed by atoms with E-state index in [1.807, 2.05) is 0 Å². The summed E-state index contributed by atoms with van der Waals surface area (Å²) in [7, 11) is -3.62. The van der Waals surface area contributed by atoms with Crippen molar-refractivity contribution in [1.82, 2.24) is 9.46 Å². The van der Waals surface area contributed by atoms with Crippen molar-refractivity contribution in [3.05, 3.63) is 23.6 Å². The number of hydrogen-bond acceptors (Lipinski definition) is 6. The highest BCUT2D eigenvalue weighted by Crippen LogP contribution is 2.31. The van der Waals surface area contributed by atoms with E-state index in [0.29, 0.717) is 49.1 Å². The third-order valence-corrected chi connectivity index (χ3v) is 5.20. The minimum Gasteiger partial charge on any atom is -0.443 e. The van der Waals surface area contributed by atoms with Crippen LogP contribution in [-0.2, 0) is 14.8 Å². The molecular formula is C13H16N2O5S. The highest BCUT2D eigenvalue weighted by atomic mass is 32.2. The average Bonchev–Trinajstić information content (AvgIpc) is 3.07. The fourth-order valence-corrected chi connectivity index (χ4v) is 3.66. The maximum atomic E-state index is 12.5. The Balaban J connectivity index is 1.94. The normalized spacial score (nSPS) is 17.2. The van der Waals surface area contributed by atoms with E-state index >= 15 is 0 Å². The smallest absolute Gasteiger partial charge is 0.276 e. The van der Waals surface area contributed by atoms with E-state index < -0.39 is 10.0 Å². The fourth-order valence-electron chi connectivity index (χ4n) is 2.34. The summed E-state index contributed by atoms with van der Waals surface area (Å²) in [6.45, 7) is 5.01. The van der Waals surface area contributed by atoms with Gasteiger partial charge in [-0.2, -0.15) is 4.31 Å². The summed E-state index contributed by atoms with van der Waals surface area (Å²) in [4.78, 5) is 0. The van der Waals surface area contributed by atoms with E-state index in [4.69, 9.17) is 13.7 Å². The Morgan fingerprint density at radius 1 is 1.19 bits per heavy atom. The standard InChI is InChI=1S/C13H16N2O5S/c1-9-13(10(2)20-14-9)11-3-4-12(19-11)21(16,17)15-5-7-18-8-6-15/h3-4H,5-8H2,1-2H3. The number of rotatable bonds is 3. The molecule has 8 heteroatoms. The maximum Gasteiger partial charge on any atom is 0.276 e. The molecule has 1 aliphatic rings. The molecule has 7 nitrogen and oxygen atoms in total. The first-order valence-corrected chi connectivity index (χ1v) is 8.05. The summed E-state index contributed by atoms with van der Waals surface area (Å²) in [6.07, 6.45) is 0. The molecule has 1 fully saturated rings. The van der Waals surface area contributed by atoms with E-state index in [1.54, 1.807) is 19.9 Å². The molecule has 2 aromatic rings. The summed E-state index contributed by atoms with van der Waals surface area (Å²) in [5, 5.41) is 3.77. The Bertz CT molecular complexity index is 721. The number of ether oxygens (including phenoxy) is 1. The molecule has 1 saturated heterocycles. The molecule has 0 atom stereocenters. The van der Waals surface area contributed by atoms with E-state index in [-0.39, 0.29) is 5.09 Å². The van der Waals surface area contributed by atoms with Crippen LogP contribution in [-0.4, -0.2) is 44.2 Å². The summed E-state index contributed by atoms with van der Waals surface area (Å²) in [5.74, 6) is 1.04. The molecule has 114 valence electrons. The Kier molecular flexibility index (Phi) is 3.60. The number of aryl methyl sites for hydroxylation is 2. The van der Waals surface area contributed by atoms with Gasteiger partial charge in [0.2, 0.25) is 5.09 Å². The molecule has 1 aliphatic heterocycles. The third kappa shape index (κ3) is 2.50. The molecule has 0 radical (unpaired) electrons. The summed E-state index contributed by atoms with van der Waals surface area (Å²) in [5.41, 5.74) is 1.36. The van der Waals surface area contributed by atoms with Crippen LogP contribution in [0.25, 0.3) is 11.3 Å². The molecule has 0 unspecified atom stereocenters. The van der Waals surface area contributed by atoms with Crippen molar-refractivity contribution < 1.29 is 22.1 Å². The van der Waals surface area contributed by atoms with Crippen LogP contribution in [0, 0.1) is 13.8 Å². The van der Waals surface area contributed by atoms with Crippen molar-refractivity contribution in [3.63, 3.8) is 0 Å². The minimum atomic E-state index is -3.62. The largest absolute Gasteiger partial charge is 0.443 e. The summed E-state index contributed by atoms with van der Waals surface area (Å²) in [6, 6.07) is 3.09. The fraction of sp³-hybridized carbons (Fsp3) is 0.462. The van der Waals surface area contributed by atoms with Crippen LogP contribution in [0.15, 0.2) is 26.2 Å². The molecule has 0 aromatic carbocycles. The maximum absolute atomic E-state index is 12.5. The minimum absolute atomic E-state index is 0.0700. The van der Waals surface area contributed by atoms with Gasteiger partial charge in [-0.15, -0.1) is 0 Å². The van der Waals surface area contributed by atoms with Gasteiger partial charge in [-0.3, -0.25) is 0 Å². The molecule has 0 bridgehead atoms. The van der Waals surface area contributed by atoms with Crippen molar-refractivity contribution in [1.29, 1.82) is 0 Å². The second-order valence-corrected chi connectivity index (χ2v) is 6.70. The van der Waals surface area contributed by atoms with Crippen molar-refractivity contribution in [2.45, 2.75) is 18.9 Å². The lowest BCUT2D eigenvalue weighted by Gasteiger charge is -2.24. The molecule has 0 aliphatic carbocycles. The second kappa shape index (κ2) is 5.28. The van der Waals surface area contributed by atoms with Crippen LogP contribution in [0.3, 0.4) is 0 Å². The molecule has 0 saturated carbocycles. The van der Waals surface area contributed by atoms with Gasteiger partial charge in [0.1, 0.15) is 11.5 Å². The van der Waals surface area contributed by atoms with Crippen LogP contribution >= 0.6 is 0 Å². The van der Waals surface area contributed by atoms with Crippen molar-refractivity contribution >= 4 is 10.0 Å². The second-order valence-electron chi connectivity index (χ2n) is 4.83. The SMILES string of the molecule is Cc1noc(C)c1-c1ccc(S(=O)(=O)N2CCOCC2)o1. The summed E-state index contributed by atoms with van der Waals surface area (Å²) < 4.78 is 42.1.